The zero-order valence-corrected chi connectivity index (χ0v) is 20.5. The highest BCUT2D eigenvalue weighted by Crippen LogP contribution is 2.36. The van der Waals surface area contributed by atoms with Gasteiger partial charge in [-0.3, -0.25) is 14.5 Å². The summed E-state index contributed by atoms with van der Waals surface area (Å²) >= 11 is 0. The Morgan fingerprint density at radius 3 is 2.43 bits per heavy atom. The maximum atomic E-state index is 11.5. The third-order valence-corrected chi connectivity index (χ3v) is 7.45. The molecule has 1 aromatic carbocycles. The maximum absolute atomic E-state index is 11.5. The van der Waals surface area contributed by atoms with Crippen LogP contribution in [0.1, 0.15) is 37.3 Å². The number of aliphatic hydroxyl groups excluding tert-OH is 1. The summed E-state index contributed by atoms with van der Waals surface area (Å²) in [4.78, 5) is 21.9. The Bertz CT molecular complexity index is 1180. The molecule has 0 atom stereocenters. The molecule has 1 amide bonds. The molecular formula is C26H34N6O3. The molecule has 0 bridgehead atoms. The number of aromatic nitrogens is 3. The van der Waals surface area contributed by atoms with Gasteiger partial charge in [-0.1, -0.05) is 24.3 Å². The van der Waals surface area contributed by atoms with E-state index in [1.54, 1.807) is 6.20 Å². The number of nitrogens with zero attached hydrogens (tertiary/aromatic N) is 6. The molecule has 9 heteroatoms. The SMILES string of the molecule is CN1CCN(Cc2ccc(-c3nn(C4CCC(O)CC4)c4cc(N(C)C(=O)O)ncc34)cc2)CC1. The molecule has 1 saturated carbocycles. The van der Waals surface area contributed by atoms with E-state index in [0.717, 1.165) is 85.5 Å². The smallest absolute Gasteiger partial charge is 0.412 e. The fourth-order valence-corrected chi connectivity index (χ4v) is 5.13. The fraction of sp³-hybridized carbons (Fsp3) is 0.500. The molecule has 1 aliphatic carbocycles. The molecule has 0 spiro atoms. The van der Waals surface area contributed by atoms with Gasteiger partial charge in [-0.05, 0) is 38.3 Å². The first kappa shape index (κ1) is 23.7. The van der Waals surface area contributed by atoms with Crippen molar-refractivity contribution in [3.05, 3.63) is 42.1 Å². The number of rotatable bonds is 5. The Kier molecular flexibility index (Phi) is 6.73. The van der Waals surface area contributed by atoms with Gasteiger partial charge >= 0.3 is 6.09 Å². The van der Waals surface area contributed by atoms with Crippen molar-refractivity contribution in [1.29, 1.82) is 0 Å². The number of aliphatic hydroxyl groups is 1. The van der Waals surface area contributed by atoms with Gasteiger partial charge in [0, 0.05) is 63.0 Å². The van der Waals surface area contributed by atoms with Gasteiger partial charge in [0.2, 0.25) is 0 Å². The molecular weight excluding hydrogens is 444 g/mol. The highest BCUT2D eigenvalue weighted by atomic mass is 16.4. The molecule has 1 saturated heterocycles. The number of hydrogen-bond donors (Lipinski definition) is 2. The Hall–Kier alpha value is -3.01. The Balaban J connectivity index is 1.46. The minimum absolute atomic E-state index is 0.163. The summed E-state index contributed by atoms with van der Waals surface area (Å²) < 4.78 is 2.02. The van der Waals surface area contributed by atoms with Crippen LogP contribution in [-0.4, -0.2) is 87.2 Å². The van der Waals surface area contributed by atoms with E-state index in [2.05, 4.69) is 46.1 Å². The van der Waals surface area contributed by atoms with Crippen LogP contribution in [0.15, 0.2) is 36.5 Å². The number of amides is 1. The summed E-state index contributed by atoms with van der Waals surface area (Å²) in [7, 11) is 3.66. The first-order valence-corrected chi connectivity index (χ1v) is 12.4. The van der Waals surface area contributed by atoms with Crippen LogP contribution in [0.3, 0.4) is 0 Å². The van der Waals surface area contributed by atoms with E-state index < -0.39 is 6.09 Å². The van der Waals surface area contributed by atoms with E-state index in [0.29, 0.717) is 5.82 Å². The third-order valence-electron chi connectivity index (χ3n) is 7.45. The van der Waals surface area contributed by atoms with Gasteiger partial charge in [-0.2, -0.15) is 5.10 Å². The van der Waals surface area contributed by atoms with E-state index >= 15 is 0 Å². The molecule has 0 unspecified atom stereocenters. The van der Waals surface area contributed by atoms with Crippen LogP contribution in [0.4, 0.5) is 10.6 Å². The Morgan fingerprint density at radius 1 is 1.09 bits per heavy atom. The summed E-state index contributed by atoms with van der Waals surface area (Å²) in [5.41, 5.74) is 4.04. The summed E-state index contributed by atoms with van der Waals surface area (Å²) in [5, 5.41) is 25.3. The Morgan fingerprint density at radius 2 is 1.77 bits per heavy atom. The summed E-state index contributed by atoms with van der Waals surface area (Å²) in [6.45, 7) is 5.32. The van der Waals surface area contributed by atoms with E-state index in [4.69, 9.17) is 5.10 Å². The van der Waals surface area contributed by atoms with Crippen molar-refractivity contribution in [3.8, 4) is 11.3 Å². The van der Waals surface area contributed by atoms with Crippen molar-refractivity contribution in [2.75, 3.05) is 45.2 Å². The van der Waals surface area contributed by atoms with Crippen molar-refractivity contribution in [2.24, 2.45) is 0 Å². The predicted octanol–water partition coefficient (Wildman–Crippen LogP) is 3.44. The first-order valence-electron chi connectivity index (χ1n) is 12.4. The molecule has 2 aliphatic rings. The van der Waals surface area contributed by atoms with Crippen molar-refractivity contribution in [3.63, 3.8) is 0 Å². The molecule has 9 nitrogen and oxygen atoms in total. The van der Waals surface area contributed by atoms with Gasteiger partial charge in [-0.25, -0.2) is 9.78 Å². The van der Waals surface area contributed by atoms with Gasteiger partial charge < -0.3 is 15.1 Å². The number of carbonyl (C=O) groups is 1. The summed E-state index contributed by atoms with van der Waals surface area (Å²) in [5.74, 6) is 0.371. The lowest BCUT2D eigenvalue weighted by molar-refractivity contribution is 0.109. The molecule has 2 N–H and O–H groups in total. The highest BCUT2D eigenvalue weighted by molar-refractivity contribution is 5.95. The second-order valence-corrected chi connectivity index (χ2v) is 9.93. The largest absolute Gasteiger partial charge is 0.465 e. The topological polar surface area (TPSA) is 98.0 Å². The number of piperazine rings is 1. The van der Waals surface area contributed by atoms with Crippen LogP contribution in [0.2, 0.25) is 0 Å². The number of pyridine rings is 1. The molecule has 2 fully saturated rings. The van der Waals surface area contributed by atoms with Gasteiger partial charge in [0.25, 0.3) is 0 Å². The number of fused-ring (bicyclic) bond motifs is 1. The van der Waals surface area contributed by atoms with Crippen LogP contribution < -0.4 is 4.90 Å². The minimum Gasteiger partial charge on any atom is -0.465 e. The number of carboxylic acid groups (broad SMARTS) is 1. The zero-order chi connectivity index (χ0) is 24.5. The quantitative estimate of drug-likeness (QED) is 0.580. The van der Waals surface area contributed by atoms with E-state index in [1.165, 1.54) is 12.6 Å². The minimum atomic E-state index is -1.06. The second-order valence-electron chi connectivity index (χ2n) is 9.93. The van der Waals surface area contributed by atoms with Crippen LogP contribution in [-0.2, 0) is 6.54 Å². The lowest BCUT2D eigenvalue weighted by Crippen LogP contribution is -2.43. The number of benzene rings is 1. The van der Waals surface area contributed by atoms with Crippen molar-refractivity contribution in [2.45, 2.75) is 44.4 Å². The van der Waals surface area contributed by atoms with Gasteiger partial charge in [-0.15, -0.1) is 0 Å². The fourth-order valence-electron chi connectivity index (χ4n) is 5.13. The van der Waals surface area contributed by atoms with Crippen molar-refractivity contribution >= 4 is 22.8 Å². The highest BCUT2D eigenvalue weighted by Gasteiger charge is 2.25. The van der Waals surface area contributed by atoms with Crippen LogP contribution >= 0.6 is 0 Å². The first-order chi connectivity index (χ1) is 16.9. The van der Waals surface area contributed by atoms with Crippen molar-refractivity contribution < 1.29 is 15.0 Å². The average Bonchev–Trinajstić information content (AvgIpc) is 3.25. The number of hydrogen-bond acceptors (Lipinski definition) is 6. The monoisotopic (exact) mass is 478 g/mol. The predicted molar refractivity (Wildman–Crippen MR) is 136 cm³/mol. The molecule has 2 aromatic heterocycles. The normalized spacial score (nSPS) is 21.9. The molecule has 3 heterocycles. The van der Waals surface area contributed by atoms with Crippen LogP contribution in [0.5, 0.6) is 0 Å². The molecule has 1 aliphatic heterocycles. The number of anilines is 1. The Labute approximate surface area is 205 Å². The lowest BCUT2D eigenvalue weighted by atomic mass is 9.93. The lowest BCUT2D eigenvalue weighted by Gasteiger charge is -2.32. The maximum Gasteiger partial charge on any atom is 0.412 e. The van der Waals surface area contributed by atoms with E-state index in [1.807, 2.05) is 10.7 Å². The average molecular weight is 479 g/mol. The molecule has 5 rings (SSSR count). The molecule has 0 radical (unpaired) electrons. The summed E-state index contributed by atoms with van der Waals surface area (Å²) in [6, 6.07) is 10.6. The molecule has 3 aromatic rings. The third kappa shape index (κ3) is 5.03. The van der Waals surface area contributed by atoms with Crippen LogP contribution in [0, 0.1) is 0 Å². The summed E-state index contributed by atoms with van der Waals surface area (Å²) in [6.07, 6.45) is 3.60. The van der Waals surface area contributed by atoms with Gasteiger partial charge in [0.1, 0.15) is 11.5 Å². The van der Waals surface area contributed by atoms with Crippen LogP contribution in [0.25, 0.3) is 22.2 Å². The standard InChI is InChI=1S/C26H34N6O3/c1-29-11-13-31(14-12-29)17-18-3-5-19(6-4-18)25-22-16-27-24(30(2)26(34)35)15-23(22)32(28-25)20-7-9-21(33)10-8-20/h3-6,15-16,20-21,33H,7-14,17H2,1-2H3,(H,34,35). The number of likely N-dealkylation sites (N-methyl/N-ethyl adjacent to an activating group) is 1. The zero-order valence-electron chi connectivity index (χ0n) is 20.5. The molecule has 186 valence electrons. The van der Waals surface area contributed by atoms with Crippen molar-refractivity contribution in [1.82, 2.24) is 24.6 Å². The second kappa shape index (κ2) is 9.93. The molecule has 35 heavy (non-hydrogen) atoms. The van der Waals surface area contributed by atoms with E-state index in [9.17, 15) is 15.0 Å². The van der Waals surface area contributed by atoms with Gasteiger partial charge in [0.15, 0.2) is 0 Å². The van der Waals surface area contributed by atoms with Gasteiger partial charge in [0.05, 0.1) is 17.7 Å². The van der Waals surface area contributed by atoms with E-state index in [-0.39, 0.29) is 12.1 Å².